The van der Waals surface area contributed by atoms with Crippen molar-refractivity contribution in [3.8, 4) is 0 Å². The van der Waals surface area contributed by atoms with Gasteiger partial charge in [0.05, 0.1) is 34.6 Å². The van der Waals surface area contributed by atoms with Gasteiger partial charge in [-0.05, 0) is 44.6 Å². The second-order valence-electron chi connectivity index (χ2n) is 8.17. The van der Waals surface area contributed by atoms with Gasteiger partial charge in [-0.15, -0.1) is 0 Å². The number of carbonyl (C=O) groups is 1. The molecule has 8 heteroatoms. The van der Waals surface area contributed by atoms with E-state index in [1.165, 1.54) is 0 Å². The van der Waals surface area contributed by atoms with E-state index in [4.69, 9.17) is 5.21 Å². The fraction of sp³-hybridized carbons (Fsp3) is 0.417. The summed E-state index contributed by atoms with van der Waals surface area (Å²) < 4.78 is 1.83. The Balaban J connectivity index is 1.65. The predicted octanol–water partition coefficient (Wildman–Crippen LogP) is 4.52. The fourth-order valence-electron chi connectivity index (χ4n) is 4.33. The summed E-state index contributed by atoms with van der Waals surface area (Å²) in [6.07, 6.45) is 7.38. The number of amides is 1. The quantitative estimate of drug-likeness (QED) is 0.375. The minimum absolute atomic E-state index is 0.0800. The van der Waals surface area contributed by atoms with Crippen LogP contribution in [-0.2, 0) is 6.54 Å². The van der Waals surface area contributed by atoms with Crippen molar-refractivity contribution in [3.05, 3.63) is 53.9 Å². The Morgan fingerprint density at radius 3 is 2.62 bits per heavy atom. The first-order valence-electron chi connectivity index (χ1n) is 11.3. The summed E-state index contributed by atoms with van der Waals surface area (Å²) >= 11 is 0. The standard InChI is InChI=1S/C24H30N6O2/c1-3-21(16-8-6-5-7-9-16)28-24(31)20-14-25-23-19(15-26-30(23)4-2)22(20)27-17-10-12-18(29-32)13-11-17/h5-9,14-15,17,21,32H,3-4,10-13H2,1-2H3,(H,25,27)(H,28,31). The van der Waals surface area contributed by atoms with Crippen LogP contribution in [-0.4, -0.2) is 37.6 Å². The van der Waals surface area contributed by atoms with Crippen molar-refractivity contribution < 1.29 is 10.0 Å². The molecule has 8 nitrogen and oxygen atoms in total. The molecule has 1 aliphatic rings. The van der Waals surface area contributed by atoms with Crippen LogP contribution in [0.5, 0.6) is 0 Å². The Bertz CT molecular complexity index is 1100. The molecule has 0 bridgehead atoms. The van der Waals surface area contributed by atoms with E-state index in [2.05, 4.69) is 32.8 Å². The first-order valence-corrected chi connectivity index (χ1v) is 11.3. The van der Waals surface area contributed by atoms with Crippen molar-refractivity contribution >= 4 is 28.3 Å². The van der Waals surface area contributed by atoms with Crippen molar-refractivity contribution in [3.63, 3.8) is 0 Å². The Hall–Kier alpha value is -3.42. The zero-order chi connectivity index (χ0) is 22.5. The van der Waals surface area contributed by atoms with Gasteiger partial charge >= 0.3 is 0 Å². The molecule has 1 amide bonds. The minimum Gasteiger partial charge on any atom is -0.411 e. The zero-order valence-corrected chi connectivity index (χ0v) is 18.6. The number of carbonyl (C=O) groups excluding carboxylic acids is 1. The summed E-state index contributed by atoms with van der Waals surface area (Å²) in [4.78, 5) is 18.0. The van der Waals surface area contributed by atoms with Crippen LogP contribution in [0.4, 0.5) is 5.69 Å². The van der Waals surface area contributed by atoms with Crippen molar-refractivity contribution in [2.24, 2.45) is 5.16 Å². The van der Waals surface area contributed by atoms with E-state index in [1.807, 2.05) is 41.9 Å². The molecular weight excluding hydrogens is 404 g/mol. The Morgan fingerprint density at radius 2 is 1.97 bits per heavy atom. The third-order valence-corrected chi connectivity index (χ3v) is 6.18. The number of nitrogens with zero attached hydrogens (tertiary/aromatic N) is 4. The monoisotopic (exact) mass is 434 g/mol. The number of aromatic nitrogens is 3. The van der Waals surface area contributed by atoms with Gasteiger partial charge in [0, 0.05) is 18.8 Å². The molecule has 1 aromatic carbocycles. The number of benzene rings is 1. The van der Waals surface area contributed by atoms with E-state index >= 15 is 0 Å². The molecule has 2 heterocycles. The van der Waals surface area contributed by atoms with Crippen molar-refractivity contribution in [1.82, 2.24) is 20.1 Å². The molecule has 2 aromatic heterocycles. The fourth-order valence-corrected chi connectivity index (χ4v) is 4.33. The number of fused-ring (bicyclic) bond motifs is 1. The summed E-state index contributed by atoms with van der Waals surface area (Å²) in [7, 11) is 0. The predicted molar refractivity (Wildman–Crippen MR) is 125 cm³/mol. The second-order valence-corrected chi connectivity index (χ2v) is 8.17. The molecule has 1 saturated carbocycles. The third-order valence-electron chi connectivity index (χ3n) is 6.18. The van der Waals surface area contributed by atoms with E-state index in [0.717, 1.165) is 60.1 Å². The van der Waals surface area contributed by atoms with Crippen LogP contribution < -0.4 is 10.6 Å². The summed E-state index contributed by atoms with van der Waals surface area (Å²) in [6.45, 7) is 4.78. The van der Waals surface area contributed by atoms with Gasteiger partial charge in [-0.1, -0.05) is 42.4 Å². The average Bonchev–Trinajstić information content (AvgIpc) is 3.27. The first kappa shape index (κ1) is 21.8. The lowest BCUT2D eigenvalue weighted by molar-refractivity contribution is 0.0936. The highest BCUT2D eigenvalue weighted by Gasteiger charge is 2.24. The van der Waals surface area contributed by atoms with E-state index in [1.54, 1.807) is 12.4 Å². The lowest BCUT2D eigenvalue weighted by atomic mass is 9.93. The minimum atomic E-state index is -0.157. The number of nitrogens with one attached hydrogen (secondary N) is 2. The largest absolute Gasteiger partial charge is 0.411 e. The molecule has 3 N–H and O–H groups in total. The first-order chi connectivity index (χ1) is 15.6. The van der Waals surface area contributed by atoms with E-state index in [9.17, 15) is 4.79 Å². The molecule has 3 aromatic rings. The van der Waals surface area contributed by atoms with Crippen LogP contribution in [0.2, 0.25) is 0 Å². The SMILES string of the molecule is CCC(NC(=O)c1cnc2c(cnn2CC)c1NC1CCC(=NO)CC1)c1ccccc1. The highest BCUT2D eigenvalue weighted by molar-refractivity contribution is 6.06. The highest BCUT2D eigenvalue weighted by Crippen LogP contribution is 2.30. The Kier molecular flexibility index (Phi) is 6.68. The van der Waals surface area contributed by atoms with Crippen LogP contribution in [0.1, 0.15) is 67.9 Å². The number of pyridine rings is 1. The highest BCUT2D eigenvalue weighted by atomic mass is 16.4. The number of hydrogen-bond acceptors (Lipinski definition) is 6. The van der Waals surface area contributed by atoms with E-state index in [-0.39, 0.29) is 18.0 Å². The van der Waals surface area contributed by atoms with Gasteiger partial charge < -0.3 is 15.8 Å². The van der Waals surface area contributed by atoms with E-state index < -0.39 is 0 Å². The molecule has 168 valence electrons. The van der Waals surface area contributed by atoms with E-state index in [0.29, 0.717) is 12.1 Å². The maximum absolute atomic E-state index is 13.4. The molecule has 1 fully saturated rings. The van der Waals surface area contributed by atoms with Crippen LogP contribution in [0, 0.1) is 0 Å². The summed E-state index contributed by atoms with van der Waals surface area (Å²) in [5.74, 6) is -0.157. The molecule has 4 rings (SSSR count). The topological polar surface area (TPSA) is 104 Å². The molecule has 0 spiro atoms. The molecule has 1 atom stereocenters. The van der Waals surface area contributed by atoms with Crippen LogP contribution in [0.15, 0.2) is 47.9 Å². The van der Waals surface area contributed by atoms with Gasteiger partial charge in [-0.25, -0.2) is 9.67 Å². The van der Waals surface area contributed by atoms with Gasteiger partial charge in [0.2, 0.25) is 0 Å². The second kappa shape index (κ2) is 9.80. The maximum Gasteiger partial charge on any atom is 0.255 e. The van der Waals surface area contributed by atoms with Crippen LogP contribution in [0.3, 0.4) is 0 Å². The lowest BCUT2D eigenvalue weighted by Gasteiger charge is -2.26. The number of aryl methyl sites for hydroxylation is 1. The van der Waals surface area contributed by atoms with Gasteiger partial charge in [0.1, 0.15) is 0 Å². The molecule has 1 unspecified atom stereocenters. The van der Waals surface area contributed by atoms with Gasteiger partial charge in [-0.3, -0.25) is 4.79 Å². The van der Waals surface area contributed by atoms with Crippen LogP contribution >= 0.6 is 0 Å². The maximum atomic E-state index is 13.4. The lowest BCUT2D eigenvalue weighted by Crippen LogP contribution is -2.31. The molecular formula is C24H30N6O2. The Morgan fingerprint density at radius 1 is 1.22 bits per heavy atom. The van der Waals surface area contributed by atoms with Crippen molar-refractivity contribution in [2.45, 2.75) is 64.6 Å². The van der Waals surface area contributed by atoms with Gasteiger partial charge in [0.15, 0.2) is 5.65 Å². The van der Waals surface area contributed by atoms with Crippen molar-refractivity contribution in [1.29, 1.82) is 0 Å². The summed E-state index contributed by atoms with van der Waals surface area (Å²) in [5, 5.41) is 24.5. The van der Waals surface area contributed by atoms with Gasteiger partial charge in [-0.2, -0.15) is 5.10 Å². The average molecular weight is 435 g/mol. The number of anilines is 1. The number of oxime groups is 1. The number of rotatable bonds is 7. The summed E-state index contributed by atoms with van der Waals surface area (Å²) in [5.41, 5.74) is 3.95. The third kappa shape index (κ3) is 4.44. The Labute approximate surface area is 187 Å². The normalized spacial score (nSPS) is 17.2. The molecule has 0 aliphatic heterocycles. The number of hydrogen-bond donors (Lipinski definition) is 3. The molecule has 32 heavy (non-hydrogen) atoms. The zero-order valence-electron chi connectivity index (χ0n) is 18.6. The molecule has 1 aliphatic carbocycles. The summed E-state index contributed by atoms with van der Waals surface area (Å²) in [6, 6.07) is 10.1. The molecule has 0 radical (unpaired) electrons. The van der Waals surface area contributed by atoms with Crippen molar-refractivity contribution in [2.75, 3.05) is 5.32 Å². The van der Waals surface area contributed by atoms with Gasteiger partial charge in [0.25, 0.3) is 5.91 Å². The smallest absolute Gasteiger partial charge is 0.255 e. The molecule has 0 saturated heterocycles. The van der Waals surface area contributed by atoms with Crippen LogP contribution in [0.25, 0.3) is 11.0 Å².